The van der Waals surface area contributed by atoms with E-state index in [1.165, 1.54) is 10.9 Å². The molecule has 80 valence electrons. The number of halogens is 3. The van der Waals surface area contributed by atoms with E-state index in [0.717, 1.165) is 0 Å². The fourth-order valence-corrected chi connectivity index (χ4v) is 1.55. The number of rotatable bonds is 4. The molecule has 0 fully saturated rings. The highest BCUT2D eigenvalue weighted by atomic mass is 35.5. The highest BCUT2D eigenvalue weighted by Gasteiger charge is 2.36. The summed E-state index contributed by atoms with van der Waals surface area (Å²) >= 11 is 5.59. The Morgan fingerprint density at radius 3 is 2.79 bits per heavy atom. The van der Waals surface area contributed by atoms with Gasteiger partial charge in [0, 0.05) is 13.0 Å². The molecule has 6 heteroatoms. The highest BCUT2D eigenvalue weighted by Crippen LogP contribution is 2.35. The number of nitrogens with two attached hydrogens (primary N) is 1. The minimum Gasteiger partial charge on any atom is -0.330 e. The fraction of sp³-hybridized carbons (Fsp3) is 0.625. The molecule has 0 amide bonds. The van der Waals surface area contributed by atoms with E-state index in [1.807, 2.05) is 0 Å². The molecule has 0 saturated carbocycles. The molecule has 14 heavy (non-hydrogen) atoms. The number of aromatic nitrogens is 2. The first kappa shape index (κ1) is 11.4. The van der Waals surface area contributed by atoms with Crippen molar-refractivity contribution in [2.45, 2.75) is 25.8 Å². The smallest absolute Gasteiger partial charge is 0.292 e. The first-order valence-corrected chi connectivity index (χ1v) is 4.69. The van der Waals surface area contributed by atoms with Crippen molar-refractivity contribution in [3.8, 4) is 0 Å². The van der Waals surface area contributed by atoms with Crippen LogP contribution in [0.3, 0.4) is 0 Å². The van der Waals surface area contributed by atoms with Crippen LogP contribution in [0.25, 0.3) is 0 Å². The fourth-order valence-electron chi connectivity index (χ4n) is 1.26. The van der Waals surface area contributed by atoms with Crippen LogP contribution in [-0.4, -0.2) is 16.1 Å². The zero-order valence-corrected chi connectivity index (χ0v) is 8.56. The molecule has 0 aliphatic rings. The van der Waals surface area contributed by atoms with Gasteiger partial charge < -0.3 is 10.3 Å². The van der Waals surface area contributed by atoms with Gasteiger partial charge in [-0.15, -0.1) is 0 Å². The van der Waals surface area contributed by atoms with E-state index in [-0.39, 0.29) is 17.4 Å². The molecule has 1 heterocycles. The SMILES string of the molecule is CCn1cnc(Cl)c1C(F)(F)CCN. The van der Waals surface area contributed by atoms with Crippen LogP contribution in [0.5, 0.6) is 0 Å². The van der Waals surface area contributed by atoms with Crippen molar-refractivity contribution in [2.24, 2.45) is 5.73 Å². The molecule has 3 nitrogen and oxygen atoms in total. The number of nitrogens with zero attached hydrogens (tertiary/aromatic N) is 2. The molecule has 0 aliphatic carbocycles. The van der Waals surface area contributed by atoms with Crippen molar-refractivity contribution in [3.05, 3.63) is 17.2 Å². The van der Waals surface area contributed by atoms with Crippen molar-refractivity contribution in [3.63, 3.8) is 0 Å². The van der Waals surface area contributed by atoms with Crippen LogP contribution in [0.15, 0.2) is 6.33 Å². The van der Waals surface area contributed by atoms with Crippen molar-refractivity contribution < 1.29 is 8.78 Å². The van der Waals surface area contributed by atoms with Crippen LogP contribution in [-0.2, 0) is 12.5 Å². The lowest BCUT2D eigenvalue weighted by molar-refractivity contribution is -0.0183. The minimum absolute atomic E-state index is 0.0851. The second-order valence-corrected chi connectivity index (χ2v) is 3.27. The average molecular weight is 224 g/mol. The van der Waals surface area contributed by atoms with Crippen LogP contribution >= 0.6 is 11.6 Å². The molecule has 1 rings (SSSR count). The maximum absolute atomic E-state index is 13.5. The molecule has 1 aromatic heterocycles. The van der Waals surface area contributed by atoms with Gasteiger partial charge in [-0.3, -0.25) is 0 Å². The predicted octanol–water partition coefficient (Wildman–Crippen LogP) is 2.00. The third-order valence-electron chi connectivity index (χ3n) is 1.94. The van der Waals surface area contributed by atoms with Gasteiger partial charge in [-0.2, -0.15) is 8.78 Å². The molecule has 0 radical (unpaired) electrons. The topological polar surface area (TPSA) is 43.8 Å². The van der Waals surface area contributed by atoms with Gasteiger partial charge in [0.1, 0.15) is 5.69 Å². The van der Waals surface area contributed by atoms with E-state index in [2.05, 4.69) is 4.98 Å². The molecule has 0 bridgehead atoms. The summed E-state index contributed by atoms with van der Waals surface area (Å²) in [6, 6.07) is 0. The van der Waals surface area contributed by atoms with E-state index in [9.17, 15) is 8.78 Å². The molecule has 0 aliphatic heterocycles. The van der Waals surface area contributed by atoms with E-state index >= 15 is 0 Å². The zero-order valence-electron chi connectivity index (χ0n) is 7.80. The molecule has 0 saturated heterocycles. The Bertz CT molecular complexity index is 312. The summed E-state index contributed by atoms with van der Waals surface area (Å²) in [5.74, 6) is -3.00. The minimum atomic E-state index is -3.00. The van der Waals surface area contributed by atoms with Crippen molar-refractivity contribution in [1.82, 2.24) is 9.55 Å². The van der Waals surface area contributed by atoms with Crippen molar-refractivity contribution in [1.29, 1.82) is 0 Å². The molecule has 1 aromatic rings. The second-order valence-electron chi connectivity index (χ2n) is 2.91. The summed E-state index contributed by atoms with van der Waals surface area (Å²) in [6.07, 6.45) is 0.889. The largest absolute Gasteiger partial charge is 0.330 e. The molecule has 0 spiro atoms. The van der Waals surface area contributed by atoms with Gasteiger partial charge in [0.05, 0.1) is 6.33 Å². The lowest BCUT2D eigenvalue weighted by Gasteiger charge is -2.17. The number of aryl methyl sites for hydroxylation is 1. The first-order chi connectivity index (χ1) is 6.53. The summed E-state index contributed by atoms with van der Waals surface area (Å²) in [4.78, 5) is 3.64. The second kappa shape index (κ2) is 4.23. The maximum Gasteiger partial charge on any atom is 0.292 e. The van der Waals surface area contributed by atoms with Crippen LogP contribution < -0.4 is 5.73 Å². The van der Waals surface area contributed by atoms with Crippen LogP contribution in [0.1, 0.15) is 19.0 Å². The van der Waals surface area contributed by atoms with Gasteiger partial charge >= 0.3 is 0 Å². The summed E-state index contributed by atoms with van der Waals surface area (Å²) in [6.45, 7) is 2.08. The normalized spacial score (nSPS) is 12.1. The Morgan fingerprint density at radius 1 is 1.64 bits per heavy atom. The molecule has 2 N–H and O–H groups in total. The Labute approximate surface area is 85.9 Å². The van der Waals surface area contributed by atoms with E-state index in [1.54, 1.807) is 6.92 Å². The van der Waals surface area contributed by atoms with Gasteiger partial charge in [0.25, 0.3) is 5.92 Å². The first-order valence-electron chi connectivity index (χ1n) is 4.32. The molecule has 0 atom stereocenters. The number of hydrogen-bond acceptors (Lipinski definition) is 2. The Morgan fingerprint density at radius 2 is 2.29 bits per heavy atom. The Kier molecular flexibility index (Phi) is 3.44. The third-order valence-corrected chi connectivity index (χ3v) is 2.22. The van der Waals surface area contributed by atoms with Gasteiger partial charge in [0.2, 0.25) is 0 Å². The Balaban J connectivity index is 3.08. The molecule has 0 unspecified atom stereocenters. The summed E-state index contributed by atoms with van der Waals surface area (Å²) in [7, 11) is 0. The summed E-state index contributed by atoms with van der Waals surface area (Å²) < 4.78 is 28.3. The standard InChI is InChI=1S/C8H12ClF2N3/c1-2-14-5-13-7(9)6(14)8(10,11)3-4-12/h5H,2-4,12H2,1H3. The third kappa shape index (κ3) is 2.04. The number of imidazole rings is 1. The maximum atomic E-state index is 13.5. The lowest BCUT2D eigenvalue weighted by atomic mass is 10.2. The zero-order chi connectivity index (χ0) is 10.8. The van der Waals surface area contributed by atoms with Gasteiger partial charge in [-0.05, 0) is 13.5 Å². The average Bonchev–Trinajstić information content (AvgIpc) is 2.47. The summed E-state index contributed by atoms with van der Waals surface area (Å²) in [5.41, 5.74) is 4.87. The number of alkyl halides is 2. The molecular weight excluding hydrogens is 212 g/mol. The van der Waals surface area contributed by atoms with Gasteiger partial charge in [0.15, 0.2) is 5.15 Å². The van der Waals surface area contributed by atoms with Gasteiger partial charge in [-0.25, -0.2) is 4.98 Å². The van der Waals surface area contributed by atoms with Crippen LogP contribution in [0.2, 0.25) is 5.15 Å². The molecule has 0 aromatic carbocycles. The van der Waals surface area contributed by atoms with E-state index < -0.39 is 12.3 Å². The van der Waals surface area contributed by atoms with Crippen LogP contribution in [0, 0.1) is 0 Å². The van der Waals surface area contributed by atoms with E-state index in [0.29, 0.717) is 6.54 Å². The van der Waals surface area contributed by atoms with Crippen molar-refractivity contribution >= 4 is 11.6 Å². The van der Waals surface area contributed by atoms with Crippen LogP contribution in [0.4, 0.5) is 8.78 Å². The lowest BCUT2D eigenvalue weighted by Crippen LogP contribution is -2.22. The molecular formula is C8H12ClF2N3. The van der Waals surface area contributed by atoms with Crippen molar-refractivity contribution in [2.75, 3.05) is 6.54 Å². The number of hydrogen-bond donors (Lipinski definition) is 1. The van der Waals surface area contributed by atoms with Gasteiger partial charge in [-0.1, -0.05) is 11.6 Å². The highest BCUT2D eigenvalue weighted by molar-refractivity contribution is 6.30. The quantitative estimate of drug-likeness (QED) is 0.849. The predicted molar refractivity (Wildman–Crippen MR) is 50.5 cm³/mol. The Hall–Kier alpha value is -0.680. The monoisotopic (exact) mass is 223 g/mol. The van der Waals surface area contributed by atoms with E-state index in [4.69, 9.17) is 17.3 Å². The summed E-state index contributed by atoms with van der Waals surface area (Å²) in [5, 5.41) is -0.148.